The molecule has 186 valence electrons. The zero-order chi connectivity index (χ0) is 25.4. The van der Waals surface area contributed by atoms with Crippen LogP contribution < -0.4 is 20.7 Å². The number of β-lactam (4-membered cyclic amide) rings is 1. The number of carbonyl (C=O) groups excluding carboxylic acids is 3. The summed E-state index contributed by atoms with van der Waals surface area (Å²) in [5.41, 5.74) is 6.62. The van der Waals surface area contributed by atoms with Crippen LogP contribution in [-0.2, 0) is 25.8 Å². The number of nitrogens with one attached hydrogen (secondary N) is 1. The number of nitrogens with zero attached hydrogens (tertiary/aromatic N) is 6. The van der Waals surface area contributed by atoms with Crippen molar-refractivity contribution < 1.29 is 28.9 Å². The number of carboxylic acid groups (broad SMARTS) is 1. The van der Waals surface area contributed by atoms with Crippen LogP contribution in [0.25, 0.3) is 5.65 Å². The Morgan fingerprint density at radius 3 is 2.94 bits per heavy atom. The molecule has 15 heteroatoms. The van der Waals surface area contributed by atoms with Crippen molar-refractivity contribution in [3.05, 3.63) is 53.9 Å². The zero-order valence-electron chi connectivity index (χ0n) is 18.9. The highest BCUT2D eigenvalue weighted by Crippen LogP contribution is 2.40. The Balaban J connectivity index is 1.37. The van der Waals surface area contributed by atoms with E-state index in [0.717, 1.165) is 17.2 Å². The molecular formula is C21H20N8O5S2. The summed E-state index contributed by atoms with van der Waals surface area (Å²) in [7, 11) is 0. The molecule has 2 atom stereocenters. The number of pyridine rings is 1. The predicted octanol–water partition coefficient (Wildman–Crippen LogP) is -1.49. The minimum absolute atomic E-state index is 0.0298. The molecule has 3 N–H and O–H groups in total. The van der Waals surface area contributed by atoms with E-state index >= 15 is 0 Å². The van der Waals surface area contributed by atoms with E-state index in [1.807, 2.05) is 45.8 Å². The summed E-state index contributed by atoms with van der Waals surface area (Å²) in [6, 6.07) is 4.71. The fourth-order valence-corrected chi connectivity index (χ4v) is 5.80. The van der Waals surface area contributed by atoms with Gasteiger partial charge in [-0.2, -0.15) is 9.36 Å². The first-order valence-electron chi connectivity index (χ1n) is 10.8. The van der Waals surface area contributed by atoms with E-state index < -0.39 is 29.2 Å². The van der Waals surface area contributed by atoms with Crippen molar-refractivity contribution in [1.29, 1.82) is 0 Å². The van der Waals surface area contributed by atoms with E-state index in [1.54, 1.807) is 6.92 Å². The Hall–Kier alpha value is -3.98. The number of aliphatic carboxylic acids is 1. The van der Waals surface area contributed by atoms with Gasteiger partial charge in [0.1, 0.15) is 37.0 Å². The lowest BCUT2D eigenvalue weighted by Gasteiger charge is -2.50. The topological polar surface area (TPSA) is 171 Å². The maximum Gasteiger partial charge on any atom is 0.286 e. The highest BCUT2D eigenvalue weighted by molar-refractivity contribution is 8.00. The normalized spacial score (nSPS) is 19.8. The number of hydrogen-bond acceptors (Lipinski definition) is 11. The predicted molar refractivity (Wildman–Crippen MR) is 127 cm³/mol. The summed E-state index contributed by atoms with van der Waals surface area (Å²) in [5.74, 6) is -2.44. The molecule has 0 aromatic carbocycles. The van der Waals surface area contributed by atoms with Gasteiger partial charge in [-0.05, 0) is 13.0 Å². The molecule has 13 nitrogen and oxygen atoms in total. The number of thioether (sulfide) groups is 1. The van der Waals surface area contributed by atoms with Crippen molar-refractivity contribution in [2.75, 3.05) is 18.1 Å². The molecule has 1 saturated heterocycles. The quantitative estimate of drug-likeness (QED) is 0.153. The average Bonchev–Trinajstić information content (AvgIpc) is 3.48. The summed E-state index contributed by atoms with van der Waals surface area (Å²) in [4.78, 5) is 48.2. The number of aromatic nitrogens is 4. The summed E-state index contributed by atoms with van der Waals surface area (Å²) >= 11 is 2.24. The van der Waals surface area contributed by atoms with E-state index in [0.29, 0.717) is 11.3 Å². The summed E-state index contributed by atoms with van der Waals surface area (Å²) in [6.07, 6.45) is 5.59. The van der Waals surface area contributed by atoms with E-state index in [2.05, 4.69) is 19.8 Å². The van der Waals surface area contributed by atoms with Gasteiger partial charge in [0.15, 0.2) is 5.13 Å². The van der Waals surface area contributed by atoms with Gasteiger partial charge in [0.25, 0.3) is 17.5 Å². The first-order chi connectivity index (χ1) is 17.4. The van der Waals surface area contributed by atoms with Crippen LogP contribution in [0.15, 0.2) is 53.2 Å². The molecule has 36 heavy (non-hydrogen) atoms. The summed E-state index contributed by atoms with van der Waals surface area (Å²) in [5, 5.41) is 18.0. The molecule has 1 fully saturated rings. The molecule has 2 amide bonds. The van der Waals surface area contributed by atoms with Crippen LogP contribution in [0.5, 0.6) is 0 Å². The first kappa shape index (κ1) is 23.7. The Morgan fingerprint density at radius 1 is 1.39 bits per heavy atom. The number of amides is 2. The number of anilines is 1. The van der Waals surface area contributed by atoms with Crippen LogP contribution in [-0.4, -0.2) is 65.9 Å². The van der Waals surface area contributed by atoms with Gasteiger partial charge in [0.05, 0.1) is 17.9 Å². The van der Waals surface area contributed by atoms with Crippen molar-refractivity contribution in [3.8, 4) is 0 Å². The Labute approximate surface area is 212 Å². The van der Waals surface area contributed by atoms with E-state index in [9.17, 15) is 19.5 Å². The van der Waals surface area contributed by atoms with E-state index in [4.69, 9.17) is 10.6 Å². The highest BCUT2D eigenvalue weighted by atomic mass is 32.2. The minimum atomic E-state index is -1.45. The molecule has 0 aliphatic carbocycles. The molecule has 0 unspecified atom stereocenters. The molecular weight excluding hydrogens is 508 g/mol. The summed E-state index contributed by atoms with van der Waals surface area (Å²) < 4.78 is 7.78. The number of nitrogens with two attached hydrogens (primary N) is 1. The lowest BCUT2D eigenvalue weighted by molar-refractivity contribution is -0.662. The van der Waals surface area contributed by atoms with Gasteiger partial charge in [-0.1, -0.05) is 11.2 Å². The van der Waals surface area contributed by atoms with Crippen LogP contribution in [0, 0.1) is 0 Å². The largest absolute Gasteiger partial charge is 0.543 e. The van der Waals surface area contributed by atoms with Gasteiger partial charge in [0, 0.05) is 28.9 Å². The number of imidazole rings is 1. The van der Waals surface area contributed by atoms with Crippen LogP contribution in [0.4, 0.5) is 5.13 Å². The van der Waals surface area contributed by atoms with Crippen LogP contribution in [0.2, 0.25) is 0 Å². The molecule has 5 rings (SSSR count). The standard InChI is InChI=1S/C21H20N8O5S2/c1-2-34-25-13(16-24-21(22)36-26-16)17(30)23-14-18(31)29-15(20(32)33)11(10-35-19(14)29)9-28-8-7-27-6-4-3-5-12(27)28/h3-8,14,19H,2,9-10H2,1H3,(H3-,22,23,24,26,30,32,33)/b25-13-/t14-,19+/m1/s1. The number of rotatable bonds is 8. The Bertz CT molecular complexity index is 1430. The van der Waals surface area contributed by atoms with Gasteiger partial charge >= 0.3 is 0 Å². The number of hydrogen-bond donors (Lipinski definition) is 2. The van der Waals surface area contributed by atoms with Crippen molar-refractivity contribution in [2.24, 2.45) is 5.16 Å². The van der Waals surface area contributed by atoms with Crippen LogP contribution in [0.3, 0.4) is 0 Å². The van der Waals surface area contributed by atoms with Crippen molar-refractivity contribution in [3.63, 3.8) is 0 Å². The van der Waals surface area contributed by atoms with Gasteiger partial charge in [0.2, 0.25) is 11.5 Å². The number of fused-ring (bicyclic) bond motifs is 2. The number of oxime groups is 1. The molecule has 0 bridgehead atoms. The number of carbonyl (C=O) groups is 3. The van der Waals surface area contributed by atoms with E-state index in [1.165, 1.54) is 16.7 Å². The average molecular weight is 529 g/mol. The van der Waals surface area contributed by atoms with Gasteiger partial charge in [-0.3, -0.25) is 14.5 Å². The maximum absolute atomic E-state index is 13.0. The van der Waals surface area contributed by atoms with E-state index in [-0.39, 0.29) is 35.5 Å². The van der Waals surface area contributed by atoms with Crippen LogP contribution >= 0.6 is 23.3 Å². The first-order valence-corrected chi connectivity index (χ1v) is 12.6. The monoisotopic (exact) mass is 528 g/mol. The number of carboxylic acids is 1. The molecule has 3 aromatic rings. The molecule has 0 spiro atoms. The molecule has 0 radical (unpaired) electrons. The third-order valence-corrected chi connectivity index (χ3v) is 7.49. The Kier molecular flexibility index (Phi) is 6.32. The fourth-order valence-electron chi connectivity index (χ4n) is 4.03. The highest BCUT2D eigenvalue weighted by Gasteiger charge is 2.53. The Morgan fingerprint density at radius 2 is 2.22 bits per heavy atom. The summed E-state index contributed by atoms with van der Waals surface area (Å²) in [6.45, 7) is 2.16. The fraction of sp³-hybridized carbons (Fsp3) is 0.286. The molecule has 3 aromatic heterocycles. The van der Waals surface area contributed by atoms with Gasteiger partial charge in [-0.15, -0.1) is 11.8 Å². The second-order valence-electron chi connectivity index (χ2n) is 7.81. The van der Waals surface area contributed by atoms with Crippen molar-refractivity contribution in [1.82, 2.24) is 24.0 Å². The third-order valence-electron chi connectivity index (χ3n) is 5.61. The van der Waals surface area contributed by atoms with Crippen LogP contribution in [0.1, 0.15) is 12.7 Å². The van der Waals surface area contributed by atoms with Gasteiger partial charge < -0.3 is 25.8 Å². The van der Waals surface area contributed by atoms with Crippen molar-refractivity contribution in [2.45, 2.75) is 24.9 Å². The zero-order valence-corrected chi connectivity index (χ0v) is 20.5. The molecule has 0 saturated carbocycles. The second kappa shape index (κ2) is 9.58. The molecule has 2 aliphatic heterocycles. The minimum Gasteiger partial charge on any atom is -0.543 e. The lowest BCUT2D eigenvalue weighted by atomic mass is 10.0. The van der Waals surface area contributed by atoms with Crippen molar-refractivity contribution >= 4 is 57.6 Å². The van der Waals surface area contributed by atoms with Gasteiger partial charge in [-0.25, -0.2) is 8.97 Å². The maximum atomic E-state index is 13.0. The lowest BCUT2D eigenvalue weighted by Crippen LogP contribution is -2.71. The smallest absolute Gasteiger partial charge is 0.286 e. The molecule has 5 heterocycles. The second-order valence-corrected chi connectivity index (χ2v) is 9.70. The third kappa shape index (κ3) is 4.15. The number of nitrogen functional groups attached to an aromatic ring is 1. The molecule has 2 aliphatic rings. The SMILES string of the molecule is CCO/N=C(\C(=O)N[C@@H]1C(=O)N2C(C(=O)[O-])=C(C[n+]3ccn4ccccc43)CS[C@@H]12)c1nsc(N)n1.